The minimum atomic E-state index is 0.127. The number of carbonyl (C=O) groups excluding carboxylic acids is 1. The van der Waals surface area contributed by atoms with Crippen molar-refractivity contribution in [2.45, 2.75) is 13.3 Å². The number of methoxy groups -OCH3 is 1. The third-order valence-electron chi connectivity index (χ3n) is 3.16. The van der Waals surface area contributed by atoms with Gasteiger partial charge in [-0.15, -0.1) is 0 Å². The van der Waals surface area contributed by atoms with Crippen LogP contribution in [0.5, 0.6) is 5.75 Å². The van der Waals surface area contributed by atoms with Gasteiger partial charge >= 0.3 is 0 Å². The Morgan fingerprint density at radius 1 is 1.53 bits per heavy atom. The Morgan fingerprint density at radius 3 is 2.88 bits per heavy atom. The van der Waals surface area contributed by atoms with Gasteiger partial charge in [0.15, 0.2) is 0 Å². The predicted molar refractivity (Wildman–Crippen MR) is 67.2 cm³/mol. The third kappa shape index (κ3) is 2.26. The van der Waals surface area contributed by atoms with Crippen molar-refractivity contribution < 1.29 is 9.53 Å². The van der Waals surface area contributed by atoms with Gasteiger partial charge in [-0.05, 0) is 37.1 Å². The van der Waals surface area contributed by atoms with Crippen molar-refractivity contribution >= 4 is 11.6 Å². The fourth-order valence-corrected chi connectivity index (χ4v) is 2.18. The van der Waals surface area contributed by atoms with Crippen LogP contribution in [-0.4, -0.2) is 26.1 Å². The lowest BCUT2D eigenvalue weighted by Crippen LogP contribution is -2.26. The number of rotatable bonds is 3. The van der Waals surface area contributed by atoms with E-state index in [-0.39, 0.29) is 11.8 Å². The fraction of sp³-hybridized carbons (Fsp3) is 0.462. The summed E-state index contributed by atoms with van der Waals surface area (Å²) < 4.78 is 5.33. The minimum absolute atomic E-state index is 0.127. The van der Waals surface area contributed by atoms with Gasteiger partial charge in [0.25, 0.3) is 0 Å². The summed E-state index contributed by atoms with van der Waals surface area (Å²) in [5.41, 5.74) is 7.59. The zero-order chi connectivity index (χ0) is 12.4. The molecule has 0 aromatic heterocycles. The van der Waals surface area contributed by atoms with E-state index in [0.717, 1.165) is 17.0 Å². The van der Waals surface area contributed by atoms with Crippen molar-refractivity contribution in [3.63, 3.8) is 0 Å². The zero-order valence-electron chi connectivity index (χ0n) is 10.3. The molecule has 2 rings (SSSR count). The van der Waals surface area contributed by atoms with E-state index in [2.05, 4.69) is 0 Å². The normalized spacial score (nSPS) is 19.8. The Hall–Kier alpha value is -1.55. The molecule has 4 nitrogen and oxygen atoms in total. The molecule has 1 unspecified atom stereocenters. The second-order valence-corrected chi connectivity index (χ2v) is 4.49. The monoisotopic (exact) mass is 234 g/mol. The number of benzene rings is 1. The highest BCUT2D eigenvalue weighted by atomic mass is 16.5. The van der Waals surface area contributed by atoms with Gasteiger partial charge in [0.1, 0.15) is 5.75 Å². The molecule has 92 valence electrons. The predicted octanol–water partition coefficient (Wildman–Crippen LogP) is 1.32. The smallest absolute Gasteiger partial charge is 0.227 e. The fourth-order valence-electron chi connectivity index (χ4n) is 2.18. The van der Waals surface area contributed by atoms with Crippen molar-refractivity contribution in [1.29, 1.82) is 0 Å². The van der Waals surface area contributed by atoms with Crippen molar-refractivity contribution in [2.24, 2.45) is 11.7 Å². The van der Waals surface area contributed by atoms with Crippen LogP contribution in [0, 0.1) is 12.8 Å². The molecule has 1 aliphatic heterocycles. The maximum Gasteiger partial charge on any atom is 0.227 e. The Balaban J connectivity index is 2.31. The maximum absolute atomic E-state index is 11.9. The van der Waals surface area contributed by atoms with Crippen LogP contribution in [0.15, 0.2) is 18.2 Å². The summed E-state index contributed by atoms with van der Waals surface area (Å²) in [6.45, 7) is 3.24. The van der Waals surface area contributed by atoms with E-state index in [4.69, 9.17) is 10.5 Å². The van der Waals surface area contributed by atoms with Crippen LogP contribution in [0.3, 0.4) is 0 Å². The first-order valence-electron chi connectivity index (χ1n) is 5.80. The van der Waals surface area contributed by atoms with Crippen molar-refractivity contribution in [3.05, 3.63) is 23.8 Å². The molecule has 1 atom stereocenters. The van der Waals surface area contributed by atoms with Crippen LogP contribution in [0.1, 0.15) is 12.0 Å². The number of carbonyl (C=O) groups is 1. The Labute approximate surface area is 101 Å². The average molecular weight is 234 g/mol. The quantitative estimate of drug-likeness (QED) is 0.858. The number of amides is 1. The van der Waals surface area contributed by atoms with Gasteiger partial charge in [-0.1, -0.05) is 6.07 Å². The maximum atomic E-state index is 11.9. The zero-order valence-corrected chi connectivity index (χ0v) is 10.3. The van der Waals surface area contributed by atoms with Gasteiger partial charge in [-0.3, -0.25) is 4.79 Å². The Morgan fingerprint density at radius 2 is 2.29 bits per heavy atom. The lowest BCUT2D eigenvalue weighted by molar-refractivity contribution is -0.117. The highest BCUT2D eigenvalue weighted by Crippen LogP contribution is 2.33. The molecule has 1 saturated heterocycles. The number of aryl methyl sites for hydroxylation is 1. The lowest BCUT2D eigenvalue weighted by Gasteiger charge is -2.19. The van der Waals surface area contributed by atoms with Gasteiger partial charge in [0, 0.05) is 13.0 Å². The van der Waals surface area contributed by atoms with E-state index in [9.17, 15) is 4.79 Å². The molecule has 1 amide bonds. The number of anilines is 1. The second kappa shape index (κ2) is 4.75. The largest absolute Gasteiger partial charge is 0.495 e. The van der Waals surface area contributed by atoms with E-state index in [0.29, 0.717) is 19.5 Å². The van der Waals surface area contributed by atoms with Gasteiger partial charge in [0.05, 0.1) is 12.8 Å². The molecular formula is C13H18N2O2. The van der Waals surface area contributed by atoms with E-state index >= 15 is 0 Å². The molecule has 17 heavy (non-hydrogen) atoms. The minimum Gasteiger partial charge on any atom is -0.495 e. The van der Waals surface area contributed by atoms with Crippen LogP contribution in [-0.2, 0) is 4.79 Å². The molecule has 0 aliphatic carbocycles. The van der Waals surface area contributed by atoms with Crippen LogP contribution in [0.2, 0.25) is 0 Å². The number of hydrogen-bond donors (Lipinski definition) is 1. The summed E-state index contributed by atoms with van der Waals surface area (Å²) in [6.07, 6.45) is 0.535. The first-order chi connectivity index (χ1) is 8.15. The number of hydrogen-bond acceptors (Lipinski definition) is 3. The lowest BCUT2D eigenvalue weighted by atomic mass is 10.1. The summed E-state index contributed by atoms with van der Waals surface area (Å²) in [5, 5.41) is 0. The highest BCUT2D eigenvalue weighted by Gasteiger charge is 2.31. The summed E-state index contributed by atoms with van der Waals surface area (Å²) in [4.78, 5) is 13.7. The molecule has 0 spiro atoms. The first kappa shape index (κ1) is 11.9. The van der Waals surface area contributed by atoms with Gasteiger partial charge in [0.2, 0.25) is 5.91 Å². The molecule has 1 aromatic rings. The second-order valence-electron chi connectivity index (χ2n) is 4.49. The van der Waals surface area contributed by atoms with E-state index in [1.54, 1.807) is 12.0 Å². The van der Waals surface area contributed by atoms with Crippen molar-refractivity contribution in [3.8, 4) is 5.75 Å². The molecular weight excluding hydrogens is 216 g/mol. The topological polar surface area (TPSA) is 55.6 Å². The highest BCUT2D eigenvalue weighted by molar-refractivity contribution is 5.97. The third-order valence-corrected chi connectivity index (χ3v) is 3.16. The van der Waals surface area contributed by atoms with Crippen molar-refractivity contribution in [2.75, 3.05) is 25.1 Å². The molecule has 1 heterocycles. The number of nitrogens with zero attached hydrogens (tertiary/aromatic N) is 1. The molecule has 0 bridgehead atoms. The molecule has 1 aromatic carbocycles. The summed E-state index contributed by atoms with van der Waals surface area (Å²) in [5.74, 6) is 1.13. The van der Waals surface area contributed by atoms with Crippen LogP contribution in [0.4, 0.5) is 5.69 Å². The summed E-state index contributed by atoms with van der Waals surface area (Å²) in [7, 11) is 1.62. The molecule has 2 N–H and O–H groups in total. The molecule has 0 radical (unpaired) electrons. The SMILES string of the molecule is COc1cc(C)ccc1N1CC(CN)CC1=O. The summed E-state index contributed by atoms with van der Waals surface area (Å²) >= 11 is 0. The average Bonchev–Trinajstić information content (AvgIpc) is 2.70. The van der Waals surface area contributed by atoms with Gasteiger partial charge in [-0.25, -0.2) is 0 Å². The molecule has 1 aliphatic rings. The van der Waals surface area contributed by atoms with E-state index in [1.807, 2.05) is 25.1 Å². The van der Waals surface area contributed by atoms with Crippen LogP contribution < -0.4 is 15.4 Å². The molecule has 0 saturated carbocycles. The van der Waals surface area contributed by atoms with E-state index in [1.165, 1.54) is 0 Å². The summed E-state index contributed by atoms with van der Waals surface area (Å²) in [6, 6.07) is 5.87. The number of ether oxygens (including phenoxy) is 1. The van der Waals surface area contributed by atoms with Gasteiger partial charge < -0.3 is 15.4 Å². The van der Waals surface area contributed by atoms with Crippen molar-refractivity contribution in [1.82, 2.24) is 0 Å². The van der Waals surface area contributed by atoms with Gasteiger partial charge in [-0.2, -0.15) is 0 Å². The van der Waals surface area contributed by atoms with E-state index < -0.39 is 0 Å². The number of nitrogens with two attached hydrogens (primary N) is 1. The molecule has 1 fully saturated rings. The van der Waals surface area contributed by atoms with Crippen LogP contribution >= 0.6 is 0 Å². The Bertz CT molecular complexity index is 431. The Kier molecular flexibility index (Phi) is 3.33. The molecule has 4 heteroatoms. The first-order valence-corrected chi connectivity index (χ1v) is 5.80. The van der Waals surface area contributed by atoms with Crippen LogP contribution in [0.25, 0.3) is 0 Å². The standard InChI is InChI=1S/C13H18N2O2/c1-9-3-4-11(12(5-9)17-2)15-8-10(7-14)6-13(15)16/h3-5,10H,6-8,14H2,1-2H3.